The Labute approximate surface area is 206 Å². The van der Waals surface area contributed by atoms with Crippen molar-refractivity contribution in [1.29, 1.82) is 0 Å². The van der Waals surface area contributed by atoms with Crippen LogP contribution in [0.1, 0.15) is 40.9 Å². The molecule has 0 unspecified atom stereocenters. The lowest BCUT2D eigenvalue weighted by molar-refractivity contribution is 0.0932. The highest BCUT2D eigenvalue weighted by Crippen LogP contribution is 2.38. The Morgan fingerprint density at radius 1 is 1.26 bits per heavy atom. The van der Waals surface area contributed by atoms with Crippen molar-refractivity contribution >= 4 is 46.4 Å². The van der Waals surface area contributed by atoms with E-state index in [1.807, 2.05) is 12.1 Å². The van der Waals surface area contributed by atoms with Gasteiger partial charge in [-0.25, -0.2) is 4.98 Å². The number of nitrogens with zero attached hydrogens (tertiary/aromatic N) is 3. The molecule has 0 saturated heterocycles. The predicted octanol–water partition coefficient (Wildman–Crippen LogP) is 4.40. The number of halogens is 2. The minimum absolute atomic E-state index is 0.0651. The Hall–Kier alpha value is -2.91. The molecule has 1 amide bonds. The average molecular weight is 500 g/mol. The lowest BCUT2D eigenvalue weighted by Gasteiger charge is -2.35. The van der Waals surface area contributed by atoms with E-state index in [2.05, 4.69) is 34.4 Å². The zero-order chi connectivity index (χ0) is 24.0. The number of carbonyl (C=O) groups excluding carboxylic acids is 1. The van der Waals surface area contributed by atoms with Crippen molar-refractivity contribution in [3.63, 3.8) is 0 Å². The van der Waals surface area contributed by atoms with Crippen LogP contribution in [-0.4, -0.2) is 34.3 Å². The highest BCUT2D eigenvalue weighted by molar-refractivity contribution is 6.40. The Morgan fingerprint density at radius 2 is 2.03 bits per heavy atom. The Balaban J connectivity index is 1.43. The number of rotatable bonds is 4. The van der Waals surface area contributed by atoms with Gasteiger partial charge in [-0.05, 0) is 41.0 Å². The van der Waals surface area contributed by atoms with Gasteiger partial charge in [0.1, 0.15) is 5.56 Å². The number of nitrogens with one attached hydrogen (secondary N) is 2. The Bertz CT molecular complexity index is 1260. The average Bonchev–Trinajstić information content (AvgIpc) is 2.79. The van der Waals surface area contributed by atoms with Crippen LogP contribution in [0.4, 0.5) is 17.3 Å². The summed E-state index contributed by atoms with van der Waals surface area (Å²) >= 11 is 12.5. The molecule has 3 heterocycles. The SMILES string of the molecule is CC1(C)CNCc2cc(Nc3ncc4c(n3)OCN(c3c(Cl)cccc3Cl)C4=O)cc(CO)c21. The first-order valence-electron chi connectivity index (χ1n) is 10.8. The number of carbonyl (C=O) groups is 1. The number of ether oxygens (including phenoxy) is 1. The summed E-state index contributed by atoms with van der Waals surface area (Å²) in [6, 6.07) is 8.95. The quantitative estimate of drug-likeness (QED) is 0.489. The highest BCUT2D eigenvalue weighted by atomic mass is 35.5. The van der Waals surface area contributed by atoms with Crippen molar-refractivity contribution in [3.8, 4) is 5.88 Å². The minimum Gasteiger partial charge on any atom is -0.455 e. The van der Waals surface area contributed by atoms with Crippen LogP contribution in [-0.2, 0) is 18.6 Å². The molecule has 0 saturated carbocycles. The van der Waals surface area contributed by atoms with Gasteiger partial charge in [0.05, 0.1) is 22.3 Å². The smallest absolute Gasteiger partial charge is 0.268 e. The number of aromatic nitrogens is 2. The number of hydrogen-bond acceptors (Lipinski definition) is 7. The van der Waals surface area contributed by atoms with E-state index in [4.69, 9.17) is 27.9 Å². The van der Waals surface area contributed by atoms with Gasteiger partial charge in [-0.1, -0.05) is 43.1 Å². The second kappa shape index (κ2) is 8.70. The molecule has 0 fully saturated rings. The van der Waals surface area contributed by atoms with Crippen LogP contribution in [0.2, 0.25) is 10.0 Å². The summed E-state index contributed by atoms with van der Waals surface area (Å²) in [5.74, 6) is 0.0974. The van der Waals surface area contributed by atoms with Crippen LogP contribution in [0.3, 0.4) is 0 Å². The Kier molecular flexibility index (Phi) is 5.85. The van der Waals surface area contributed by atoms with Crippen LogP contribution in [0.5, 0.6) is 5.88 Å². The molecule has 2 aliphatic heterocycles. The van der Waals surface area contributed by atoms with Crippen molar-refractivity contribution in [3.05, 3.63) is 68.8 Å². The number of aliphatic hydroxyl groups is 1. The molecule has 0 radical (unpaired) electrons. The van der Waals surface area contributed by atoms with Crippen molar-refractivity contribution in [2.45, 2.75) is 32.4 Å². The van der Waals surface area contributed by atoms with Gasteiger partial charge in [-0.2, -0.15) is 4.98 Å². The lowest BCUT2D eigenvalue weighted by Crippen LogP contribution is -2.39. The van der Waals surface area contributed by atoms with Gasteiger partial charge >= 0.3 is 0 Å². The zero-order valence-electron chi connectivity index (χ0n) is 18.7. The second-order valence-corrected chi connectivity index (χ2v) is 9.74. The summed E-state index contributed by atoms with van der Waals surface area (Å²) in [6.45, 7) is 5.72. The standard InChI is InChI=1S/C24H23Cl2N5O3/c1-24(2)11-27-8-13-6-15(7-14(10-32)19(13)24)29-23-28-9-16-21(30-23)34-12-31(22(16)33)20-17(25)4-3-5-18(20)26/h3-7,9,27,32H,8,10-12H2,1-2H3,(H,28,29,30). The highest BCUT2D eigenvalue weighted by Gasteiger charge is 2.32. The molecule has 0 atom stereocenters. The molecule has 3 N–H and O–H groups in total. The third-order valence-corrected chi connectivity index (χ3v) is 6.66. The van der Waals surface area contributed by atoms with Crippen molar-refractivity contribution in [1.82, 2.24) is 15.3 Å². The first-order chi connectivity index (χ1) is 16.3. The number of anilines is 3. The maximum Gasteiger partial charge on any atom is 0.268 e. The number of para-hydroxylation sites is 1. The molecule has 8 nitrogen and oxygen atoms in total. The third kappa shape index (κ3) is 3.96. The molecule has 2 aromatic carbocycles. The molecule has 0 bridgehead atoms. The molecule has 10 heteroatoms. The maximum atomic E-state index is 13.1. The van der Waals surface area contributed by atoms with Gasteiger partial charge in [-0.3, -0.25) is 9.69 Å². The molecule has 3 aromatic rings. The number of amides is 1. The van der Waals surface area contributed by atoms with E-state index in [0.717, 1.165) is 28.9 Å². The zero-order valence-corrected chi connectivity index (χ0v) is 20.2. The number of hydrogen-bond donors (Lipinski definition) is 3. The molecule has 2 aliphatic rings. The molecule has 1 aromatic heterocycles. The van der Waals surface area contributed by atoms with E-state index in [0.29, 0.717) is 22.3 Å². The second-order valence-electron chi connectivity index (χ2n) is 8.93. The molecular weight excluding hydrogens is 477 g/mol. The summed E-state index contributed by atoms with van der Waals surface area (Å²) in [7, 11) is 0. The lowest BCUT2D eigenvalue weighted by atomic mass is 9.76. The monoisotopic (exact) mass is 499 g/mol. The van der Waals surface area contributed by atoms with Gasteiger partial charge in [-0.15, -0.1) is 0 Å². The van der Waals surface area contributed by atoms with E-state index in [-0.39, 0.29) is 42.1 Å². The summed E-state index contributed by atoms with van der Waals surface area (Å²) in [5.41, 5.74) is 4.39. The summed E-state index contributed by atoms with van der Waals surface area (Å²) in [6.07, 6.45) is 1.42. The normalized spacial score (nSPS) is 16.5. The summed E-state index contributed by atoms with van der Waals surface area (Å²) in [5, 5.41) is 17.3. The number of fused-ring (bicyclic) bond motifs is 2. The van der Waals surface area contributed by atoms with Crippen LogP contribution in [0.25, 0.3) is 0 Å². The van der Waals surface area contributed by atoms with Crippen LogP contribution in [0, 0.1) is 0 Å². The molecule has 5 rings (SSSR count). The van der Waals surface area contributed by atoms with Crippen molar-refractivity contribution < 1.29 is 14.6 Å². The van der Waals surface area contributed by atoms with Gasteiger partial charge < -0.3 is 20.5 Å². The molecule has 0 spiro atoms. The fourth-order valence-electron chi connectivity index (χ4n) is 4.63. The van der Waals surface area contributed by atoms with Gasteiger partial charge in [0.25, 0.3) is 5.91 Å². The predicted molar refractivity (Wildman–Crippen MR) is 131 cm³/mol. The van der Waals surface area contributed by atoms with Crippen LogP contribution < -0.4 is 20.3 Å². The van der Waals surface area contributed by atoms with E-state index in [1.54, 1.807) is 18.2 Å². The van der Waals surface area contributed by atoms with E-state index >= 15 is 0 Å². The summed E-state index contributed by atoms with van der Waals surface area (Å²) in [4.78, 5) is 23.2. The number of benzene rings is 2. The van der Waals surface area contributed by atoms with Crippen molar-refractivity contribution in [2.75, 3.05) is 23.5 Å². The van der Waals surface area contributed by atoms with Crippen LogP contribution >= 0.6 is 23.2 Å². The first kappa shape index (κ1) is 22.9. The number of aliphatic hydroxyl groups excluding tert-OH is 1. The molecular formula is C24H23Cl2N5O3. The maximum absolute atomic E-state index is 13.1. The van der Waals surface area contributed by atoms with Gasteiger partial charge in [0.2, 0.25) is 11.8 Å². The fraction of sp³-hybridized carbons (Fsp3) is 0.292. The van der Waals surface area contributed by atoms with Gasteiger partial charge in [0, 0.05) is 30.4 Å². The first-order valence-corrected chi connectivity index (χ1v) is 11.5. The largest absolute Gasteiger partial charge is 0.455 e. The van der Waals surface area contributed by atoms with E-state index in [9.17, 15) is 9.90 Å². The third-order valence-electron chi connectivity index (χ3n) is 6.05. The van der Waals surface area contributed by atoms with Gasteiger partial charge in [0.15, 0.2) is 6.73 Å². The molecule has 34 heavy (non-hydrogen) atoms. The van der Waals surface area contributed by atoms with E-state index in [1.165, 1.54) is 11.1 Å². The van der Waals surface area contributed by atoms with Crippen molar-refractivity contribution in [2.24, 2.45) is 0 Å². The summed E-state index contributed by atoms with van der Waals surface area (Å²) < 4.78 is 5.76. The van der Waals surface area contributed by atoms with E-state index < -0.39 is 0 Å². The Morgan fingerprint density at radius 3 is 2.76 bits per heavy atom. The minimum atomic E-state index is -0.354. The molecule has 0 aliphatic carbocycles. The molecule has 176 valence electrons. The van der Waals surface area contributed by atoms with Crippen LogP contribution in [0.15, 0.2) is 36.5 Å². The topological polar surface area (TPSA) is 99.6 Å². The fourth-order valence-corrected chi connectivity index (χ4v) is 5.23.